The van der Waals surface area contributed by atoms with Crippen molar-refractivity contribution in [3.05, 3.63) is 90.0 Å². The lowest BCUT2D eigenvalue weighted by Gasteiger charge is -2.12. The number of hydrogen-bond acceptors (Lipinski definition) is 5. The summed E-state index contributed by atoms with van der Waals surface area (Å²) in [4.78, 5) is 39.9. The van der Waals surface area contributed by atoms with Crippen LogP contribution in [0.15, 0.2) is 73.3 Å². The van der Waals surface area contributed by atoms with Crippen molar-refractivity contribution in [2.24, 2.45) is 5.10 Å². The molecule has 0 bridgehead atoms. The Morgan fingerprint density at radius 2 is 1.81 bits per heavy atom. The number of hydrazone groups is 1. The number of amides is 1. The molecule has 0 saturated carbocycles. The molecule has 8 nitrogen and oxygen atoms in total. The standard InChI is InChI=1S/C21H14BrClN4O4/c1-11-16(20(30)27(25-11)14-7-5-12(22)6-8-14)10-17-18(28)24-21(31)26(19(17)29)15-4-2-3-13(23)9-15/h2-10,29H,1H3,(H,24,28,31). The van der Waals surface area contributed by atoms with E-state index in [1.165, 1.54) is 17.2 Å². The summed E-state index contributed by atoms with van der Waals surface area (Å²) in [5.41, 5.74) is -0.673. The smallest absolute Gasteiger partial charge is 0.335 e. The van der Waals surface area contributed by atoms with Crippen LogP contribution in [0.1, 0.15) is 12.5 Å². The molecule has 1 aliphatic rings. The van der Waals surface area contributed by atoms with Crippen LogP contribution in [-0.4, -0.2) is 26.3 Å². The van der Waals surface area contributed by atoms with Crippen LogP contribution in [0.3, 0.4) is 0 Å². The third-order valence-electron chi connectivity index (χ3n) is 4.61. The molecular weight excluding hydrogens is 488 g/mol. The van der Waals surface area contributed by atoms with Crippen molar-refractivity contribution < 1.29 is 9.90 Å². The van der Waals surface area contributed by atoms with Gasteiger partial charge in [-0.15, -0.1) is 0 Å². The van der Waals surface area contributed by atoms with Crippen molar-refractivity contribution in [1.82, 2.24) is 9.55 Å². The normalized spacial score (nSPS) is 14.9. The first-order valence-electron chi connectivity index (χ1n) is 8.98. The Morgan fingerprint density at radius 1 is 1.10 bits per heavy atom. The fourth-order valence-corrected chi connectivity index (χ4v) is 3.56. The third kappa shape index (κ3) is 3.85. The number of halogens is 2. The second-order valence-electron chi connectivity index (χ2n) is 6.65. The molecule has 1 amide bonds. The topological polar surface area (TPSA) is 108 Å². The van der Waals surface area contributed by atoms with Crippen LogP contribution in [0.5, 0.6) is 5.88 Å². The molecule has 1 aliphatic heterocycles. The number of aromatic hydroxyl groups is 1. The highest BCUT2D eigenvalue weighted by Crippen LogP contribution is 2.27. The highest BCUT2D eigenvalue weighted by atomic mass is 79.9. The largest absolute Gasteiger partial charge is 0.494 e. The average Bonchev–Trinajstić information content (AvgIpc) is 2.99. The zero-order valence-electron chi connectivity index (χ0n) is 16.0. The molecule has 156 valence electrons. The van der Waals surface area contributed by atoms with Crippen molar-refractivity contribution in [3.63, 3.8) is 0 Å². The molecule has 31 heavy (non-hydrogen) atoms. The second-order valence-corrected chi connectivity index (χ2v) is 8.00. The molecule has 0 atom stereocenters. The van der Waals surface area contributed by atoms with Crippen LogP contribution in [-0.2, 0) is 4.79 Å². The van der Waals surface area contributed by atoms with Crippen LogP contribution in [0.2, 0.25) is 5.02 Å². The van der Waals surface area contributed by atoms with Crippen molar-refractivity contribution in [2.45, 2.75) is 6.92 Å². The van der Waals surface area contributed by atoms with Crippen LogP contribution in [0, 0.1) is 0 Å². The van der Waals surface area contributed by atoms with E-state index in [1.54, 1.807) is 49.4 Å². The lowest BCUT2D eigenvalue weighted by atomic mass is 10.1. The lowest BCUT2D eigenvalue weighted by molar-refractivity contribution is -0.114. The molecule has 0 saturated heterocycles. The summed E-state index contributed by atoms with van der Waals surface area (Å²) in [6.45, 7) is 1.61. The van der Waals surface area contributed by atoms with Crippen molar-refractivity contribution in [1.29, 1.82) is 0 Å². The first kappa shape index (κ1) is 20.8. The van der Waals surface area contributed by atoms with E-state index in [0.29, 0.717) is 16.4 Å². The number of H-pyrrole nitrogens is 1. The van der Waals surface area contributed by atoms with Gasteiger partial charge in [-0.3, -0.25) is 14.6 Å². The van der Waals surface area contributed by atoms with Gasteiger partial charge in [0, 0.05) is 9.50 Å². The maximum atomic E-state index is 12.9. The summed E-state index contributed by atoms with van der Waals surface area (Å²) < 4.78 is 1.75. The number of rotatable bonds is 3. The number of hydrogen-bond donors (Lipinski definition) is 2. The molecular formula is C21H14BrClN4O4. The van der Waals surface area contributed by atoms with E-state index in [-0.39, 0.29) is 16.8 Å². The summed E-state index contributed by atoms with van der Waals surface area (Å²) in [5.74, 6) is -1.09. The van der Waals surface area contributed by atoms with Gasteiger partial charge in [0.25, 0.3) is 11.5 Å². The van der Waals surface area contributed by atoms with E-state index in [1.807, 2.05) is 0 Å². The minimum atomic E-state index is -0.841. The number of nitrogens with zero attached hydrogens (tertiary/aromatic N) is 3. The van der Waals surface area contributed by atoms with Crippen LogP contribution in [0.25, 0.3) is 11.8 Å². The Labute approximate surface area is 188 Å². The molecule has 10 heteroatoms. The summed E-state index contributed by atoms with van der Waals surface area (Å²) >= 11 is 9.32. The molecule has 0 spiro atoms. The van der Waals surface area contributed by atoms with Gasteiger partial charge in [-0.1, -0.05) is 33.6 Å². The van der Waals surface area contributed by atoms with E-state index in [2.05, 4.69) is 26.0 Å². The van der Waals surface area contributed by atoms with E-state index in [0.717, 1.165) is 9.04 Å². The number of anilines is 1. The highest BCUT2D eigenvalue weighted by Gasteiger charge is 2.29. The fourth-order valence-electron chi connectivity index (χ4n) is 3.11. The molecule has 0 fully saturated rings. The van der Waals surface area contributed by atoms with Gasteiger partial charge < -0.3 is 5.11 Å². The monoisotopic (exact) mass is 500 g/mol. The molecule has 2 N–H and O–H groups in total. The Morgan fingerprint density at radius 3 is 2.48 bits per heavy atom. The van der Waals surface area contributed by atoms with Crippen LogP contribution < -0.4 is 16.3 Å². The lowest BCUT2D eigenvalue weighted by Crippen LogP contribution is -2.30. The molecule has 2 heterocycles. The second kappa shape index (κ2) is 8.01. The molecule has 0 radical (unpaired) electrons. The Hall–Kier alpha value is -3.43. The predicted molar refractivity (Wildman–Crippen MR) is 122 cm³/mol. The Kier molecular flexibility index (Phi) is 5.38. The number of nitrogens with one attached hydrogen (secondary N) is 1. The van der Waals surface area contributed by atoms with Crippen LogP contribution >= 0.6 is 27.5 Å². The first-order valence-corrected chi connectivity index (χ1v) is 10.1. The zero-order valence-corrected chi connectivity index (χ0v) is 18.3. The predicted octanol–water partition coefficient (Wildman–Crippen LogP) is 3.45. The van der Waals surface area contributed by atoms with Gasteiger partial charge in [-0.2, -0.15) is 10.1 Å². The maximum absolute atomic E-state index is 12.9. The number of carbonyl (C=O) groups excluding carboxylic acids is 1. The van der Waals surface area contributed by atoms with Gasteiger partial charge in [-0.25, -0.2) is 9.36 Å². The van der Waals surface area contributed by atoms with Crippen molar-refractivity contribution in [2.75, 3.05) is 5.01 Å². The highest BCUT2D eigenvalue weighted by molar-refractivity contribution is 9.10. The minimum absolute atomic E-state index is 0.111. The van der Waals surface area contributed by atoms with Crippen molar-refractivity contribution >= 4 is 50.9 Å². The van der Waals surface area contributed by atoms with E-state index < -0.39 is 23.0 Å². The number of benzene rings is 2. The number of carbonyl (C=O) groups is 1. The summed E-state index contributed by atoms with van der Waals surface area (Å²) in [6.07, 6.45) is 1.22. The SMILES string of the molecule is CC1=NN(c2ccc(Br)cc2)C(=O)C1=Cc1c(O)n(-c2cccc(Cl)c2)c(=O)[nH]c1=O. The summed E-state index contributed by atoms with van der Waals surface area (Å²) in [6, 6.07) is 13.2. The molecule has 0 unspecified atom stereocenters. The van der Waals surface area contributed by atoms with Gasteiger partial charge in [0.1, 0.15) is 5.56 Å². The van der Waals surface area contributed by atoms with Gasteiger partial charge in [0.05, 0.1) is 22.7 Å². The van der Waals surface area contributed by atoms with E-state index in [9.17, 15) is 19.5 Å². The molecule has 2 aromatic carbocycles. The van der Waals surface area contributed by atoms with E-state index in [4.69, 9.17) is 11.6 Å². The first-order chi connectivity index (χ1) is 14.8. The Bertz CT molecular complexity index is 1390. The zero-order chi connectivity index (χ0) is 22.3. The van der Waals surface area contributed by atoms with Gasteiger partial charge in [-0.05, 0) is 55.5 Å². The summed E-state index contributed by atoms with van der Waals surface area (Å²) in [5, 5.41) is 16.5. The minimum Gasteiger partial charge on any atom is -0.494 e. The van der Waals surface area contributed by atoms with Crippen LogP contribution in [0.4, 0.5) is 5.69 Å². The number of aromatic nitrogens is 2. The van der Waals surface area contributed by atoms with Gasteiger partial charge in [0.2, 0.25) is 5.88 Å². The molecule has 0 aliphatic carbocycles. The van der Waals surface area contributed by atoms with Crippen molar-refractivity contribution in [3.8, 4) is 11.6 Å². The van der Waals surface area contributed by atoms with Gasteiger partial charge >= 0.3 is 5.69 Å². The Balaban J connectivity index is 1.82. The average molecular weight is 502 g/mol. The molecule has 4 rings (SSSR count). The fraction of sp³-hybridized carbons (Fsp3) is 0.0476. The summed E-state index contributed by atoms with van der Waals surface area (Å²) in [7, 11) is 0. The maximum Gasteiger partial charge on any atom is 0.335 e. The molecule has 3 aromatic rings. The quantitative estimate of drug-likeness (QED) is 0.536. The third-order valence-corrected chi connectivity index (χ3v) is 5.37. The van der Waals surface area contributed by atoms with Gasteiger partial charge in [0.15, 0.2) is 0 Å². The number of aromatic amines is 1. The molecule has 1 aromatic heterocycles. The van der Waals surface area contributed by atoms with E-state index >= 15 is 0 Å².